The Kier molecular flexibility index (Phi) is 4.53. The summed E-state index contributed by atoms with van der Waals surface area (Å²) in [6.45, 7) is 2.41. The summed E-state index contributed by atoms with van der Waals surface area (Å²) >= 11 is 7.19. The maximum Gasteiger partial charge on any atom is 0.454 e. The van der Waals surface area contributed by atoms with Crippen LogP contribution < -0.4 is 4.90 Å². The molecule has 0 aliphatic carbocycles. The second kappa shape index (κ2) is 5.88. The van der Waals surface area contributed by atoms with Gasteiger partial charge in [0.25, 0.3) is 5.78 Å². The van der Waals surface area contributed by atoms with E-state index >= 15 is 0 Å². The van der Waals surface area contributed by atoms with Crippen LogP contribution in [0.25, 0.3) is 0 Å². The molecule has 0 radical (unpaired) electrons. The van der Waals surface area contributed by atoms with E-state index in [4.69, 9.17) is 11.6 Å². The largest absolute Gasteiger partial charge is 0.454 e. The van der Waals surface area contributed by atoms with Gasteiger partial charge in [-0.05, 0) is 31.2 Å². The number of nitrogens with zero attached hydrogens (tertiary/aromatic N) is 2. The minimum atomic E-state index is -4.84. The van der Waals surface area contributed by atoms with Crippen LogP contribution in [0.4, 0.5) is 18.9 Å². The number of aromatic nitrogens is 1. The summed E-state index contributed by atoms with van der Waals surface area (Å²) < 4.78 is 36.8. The molecular weight excluding hydrogens is 325 g/mol. The van der Waals surface area contributed by atoms with E-state index in [-0.39, 0.29) is 0 Å². The Labute approximate surface area is 129 Å². The zero-order valence-corrected chi connectivity index (χ0v) is 12.6. The van der Waals surface area contributed by atoms with Crippen molar-refractivity contribution in [1.82, 2.24) is 4.98 Å². The quantitative estimate of drug-likeness (QED) is 0.622. The smallest absolute Gasteiger partial charge is 0.352 e. The Morgan fingerprint density at radius 2 is 2.24 bits per heavy atom. The number of thioether (sulfide) groups is 1. The van der Waals surface area contributed by atoms with Crippen molar-refractivity contribution in [2.75, 3.05) is 17.2 Å². The number of pyridine rings is 1. The molecule has 0 amide bonds. The average molecular weight is 337 g/mol. The molecular formula is C13H12ClF3N2OS. The first-order chi connectivity index (χ1) is 9.72. The lowest BCUT2D eigenvalue weighted by atomic mass is 10.2. The standard InChI is InChI=1S/C13H12ClF3N2OS/c1-12(5-4-10(20)13(15,16)17)19(6-7-21-12)9-2-3-11(14)18-8-9/h2-5,8H,6-7H2,1H3. The molecule has 1 aromatic heterocycles. The summed E-state index contributed by atoms with van der Waals surface area (Å²) in [4.78, 5) is 16.1. The Morgan fingerprint density at radius 1 is 1.52 bits per heavy atom. The number of carbonyl (C=O) groups excluding carboxylic acids is 1. The fraction of sp³-hybridized carbons (Fsp3) is 0.385. The predicted octanol–water partition coefficient (Wildman–Crippen LogP) is 3.69. The third kappa shape index (κ3) is 3.71. The minimum absolute atomic E-state index is 0.343. The Bertz CT molecular complexity index is 562. The zero-order chi connectivity index (χ0) is 15.7. The number of hydrogen-bond acceptors (Lipinski definition) is 4. The van der Waals surface area contributed by atoms with E-state index in [9.17, 15) is 18.0 Å². The van der Waals surface area contributed by atoms with Gasteiger partial charge < -0.3 is 4.90 Å². The molecule has 1 atom stereocenters. The van der Waals surface area contributed by atoms with Crippen LogP contribution in [0.2, 0.25) is 5.15 Å². The van der Waals surface area contributed by atoms with Gasteiger partial charge in [0.1, 0.15) is 10.0 Å². The molecule has 1 saturated heterocycles. The lowest BCUT2D eigenvalue weighted by Crippen LogP contribution is -2.38. The van der Waals surface area contributed by atoms with Gasteiger partial charge in [0.05, 0.1) is 11.9 Å². The molecule has 0 saturated carbocycles. The van der Waals surface area contributed by atoms with Crippen LogP contribution in [0.3, 0.4) is 0 Å². The van der Waals surface area contributed by atoms with Crippen LogP contribution in [0.5, 0.6) is 0 Å². The molecule has 114 valence electrons. The molecule has 1 aromatic rings. The molecule has 2 rings (SSSR count). The summed E-state index contributed by atoms with van der Waals surface area (Å²) in [7, 11) is 0. The second-order valence-electron chi connectivity index (χ2n) is 4.59. The normalized spacial score (nSPS) is 23.0. The van der Waals surface area contributed by atoms with Crippen molar-refractivity contribution in [3.63, 3.8) is 0 Å². The number of allylic oxidation sites excluding steroid dienone is 1. The lowest BCUT2D eigenvalue weighted by molar-refractivity contribution is -0.165. The van der Waals surface area contributed by atoms with E-state index in [1.807, 2.05) is 4.90 Å². The van der Waals surface area contributed by atoms with Gasteiger partial charge in [-0.3, -0.25) is 4.79 Å². The zero-order valence-electron chi connectivity index (χ0n) is 11.0. The van der Waals surface area contributed by atoms with Gasteiger partial charge in [-0.25, -0.2) is 4.98 Å². The van der Waals surface area contributed by atoms with Crippen molar-refractivity contribution in [3.05, 3.63) is 35.6 Å². The number of ketones is 1. The average Bonchev–Trinajstić information content (AvgIpc) is 2.78. The number of rotatable bonds is 3. The Hall–Kier alpha value is -1.21. The molecule has 1 aliphatic heterocycles. The van der Waals surface area contributed by atoms with Crippen LogP contribution in [0, 0.1) is 0 Å². The van der Waals surface area contributed by atoms with Crippen molar-refractivity contribution < 1.29 is 18.0 Å². The molecule has 2 heterocycles. The number of carbonyl (C=O) groups is 1. The van der Waals surface area contributed by atoms with Gasteiger partial charge in [-0.2, -0.15) is 13.2 Å². The fourth-order valence-corrected chi connectivity index (χ4v) is 3.34. The predicted molar refractivity (Wildman–Crippen MR) is 77.7 cm³/mol. The minimum Gasteiger partial charge on any atom is -0.352 e. The monoisotopic (exact) mass is 336 g/mol. The van der Waals surface area contributed by atoms with Gasteiger partial charge in [-0.15, -0.1) is 11.8 Å². The van der Waals surface area contributed by atoms with E-state index in [1.54, 1.807) is 25.3 Å². The number of halogens is 4. The van der Waals surface area contributed by atoms with E-state index in [2.05, 4.69) is 4.98 Å². The third-order valence-corrected chi connectivity index (χ3v) is 4.64. The number of alkyl halides is 3. The molecule has 8 heteroatoms. The summed E-state index contributed by atoms with van der Waals surface area (Å²) in [6.07, 6.45) is -1.40. The summed E-state index contributed by atoms with van der Waals surface area (Å²) in [5.74, 6) is -1.12. The Balaban J connectivity index is 2.22. The van der Waals surface area contributed by atoms with Crippen LogP contribution >= 0.6 is 23.4 Å². The van der Waals surface area contributed by atoms with Crippen LogP contribution in [0.1, 0.15) is 6.92 Å². The topological polar surface area (TPSA) is 33.2 Å². The van der Waals surface area contributed by atoms with Crippen molar-refractivity contribution in [2.45, 2.75) is 18.0 Å². The van der Waals surface area contributed by atoms with Crippen molar-refractivity contribution >= 4 is 34.8 Å². The van der Waals surface area contributed by atoms with E-state index in [0.717, 1.165) is 11.4 Å². The van der Waals surface area contributed by atoms with Gasteiger partial charge in [0.15, 0.2) is 0 Å². The summed E-state index contributed by atoms with van der Waals surface area (Å²) in [5, 5.41) is 0.343. The summed E-state index contributed by atoms with van der Waals surface area (Å²) in [6, 6.07) is 3.36. The molecule has 0 bridgehead atoms. The van der Waals surface area contributed by atoms with E-state index in [1.165, 1.54) is 17.8 Å². The van der Waals surface area contributed by atoms with Crippen LogP contribution in [0.15, 0.2) is 30.5 Å². The SMILES string of the molecule is CC1(C=CC(=O)C(F)(F)F)SCCN1c1ccc(Cl)nc1. The molecule has 1 fully saturated rings. The number of anilines is 1. The highest BCUT2D eigenvalue weighted by Crippen LogP contribution is 2.40. The van der Waals surface area contributed by atoms with Crippen LogP contribution in [-0.2, 0) is 4.79 Å². The molecule has 0 N–H and O–H groups in total. The summed E-state index contributed by atoms with van der Waals surface area (Å²) in [5.41, 5.74) is 0.746. The van der Waals surface area contributed by atoms with Gasteiger partial charge >= 0.3 is 6.18 Å². The maximum absolute atomic E-state index is 12.3. The lowest BCUT2D eigenvalue weighted by Gasteiger charge is -2.33. The first-order valence-electron chi connectivity index (χ1n) is 6.06. The Morgan fingerprint density at radius 3 is 2.81 bits per heavy atom. The molecule has 1 unspecified atom stereocenters. The van der Waals surface area contributed by atoms with Crippen molar-refractivity contribution in [3.8, 4) is 0 Å². The molecule has 0 spiro atoms. The highest BCUT2D eigenvalue weighted by Gasteiger charge is 2.39. The fourth-order valence-electron chi connectivity index (χ4n) is 2.02. The van der Waals surface area contributed by atoms with E-state index < -0.39 is 16.8 Å². The van der Waals surface area contributed by atoms with Crippen molar-refractivity contribution in [1.29, 1.82) is 0 Å². The maximum atomic E-state index is 12.3. The third-order valence-electron chi connectivity index (χ3n) is 3.09. The van der Waals surface area contributed by atoms with Gasteiger partial charge in [-0.1, -0.05) is 11.6 Å². The first-order valence-corrected chi connectivity index (χ1v) is 7.42. The highest BCUT2D eigenvalue weighted by atomic mass is 35.5. The molecule has 21 heavy (non-hydrogen) atoms. The second-order valence-corrected chi connectivity index (χ2v) is 6.50. The van der Waals surface area contributed by atoms with Gasteiger partial charge in [0.2, 0.25) is 0 Å². The molecule has 0 aromatic carbocycles. The van der Waals surface area contributed by atoms with Gasteiger partial charge in [0, 0.05) is 12.3 Å². The molecule has 1 aliphatic rings. The van der Waals surface area contributed by atoms with Crippen LogP contribution in [-0.4, -0.2) is 34.1 Å². The van der Waals surface area contributed by atoms with E-state index in [0.29, 0.717) is 17.8 Å². The number of hydrogen-bond donors (Lipinski definition) is 0. The molecule has 3 nitrogen and oxygen atoms in total. The first kappa shape index (κ1) is 16.2. The highest BCUT2D eigenvalue weighted by molar-refractivity contribution is 8.01. The van der Waals surface area contributed by atoms with Crippen molar-refractivity contribution in [2.24, 2.45) is 0 Å².